The van der Waals surface area contributed by atoms with Crippen LogP contribution in [0, 0.1) is 10.1 Å². The minimum absolute atomic E-state index is 0.000667. The van der Waals surface area contributed by atoms with Crippen LogP contribution in [0.1, 0.15) is 36.6 Å². The largest absolute Gasteiger partial charge is 0.436 e. The number of nitrogens with one attached hydrogen (secondary N) is 1. The van der Waals surface area contributed by atoms with Gasteiger partial charge in [0.1, 0.15) is 0 Å². The predicted octanol–water partition coefficient (Wildman–Crippen LogP) is 4.48. The minimum Gasteiger partial charge on any atom is -0.326 e. The maximum atomic E-state index is 13.1. The second-order valence-electron chi connectivity index (χ2n) is 6.15. The fraction of sp³-hybridized carbons (Fsp3) is 0.375. The van der Waals surface area contributed by atoms with Crippen molar-refractivity contribution in [2.75, 3.05) is 5.32 Å². The Hall–Kier alpha value is -2.43. The number of aryl methyl sites for hydroxylation is 1. The molecule has 0 bridgehead atoms. The number of amides is 1. The molecule has 1 aromatic carbocycles. The van der Waals surface area contributed by atoms with Crippen molar-refractivity contribution in [2.24, 2.45) is 0 Å². The van der Waals surface area contributed by atoms with Crippen molar-refractivity contribution < 1.29 is 22.9 Å². The van der Waals surface area contributed by atoms with Crippen molar-refractivity contribution in [3.63, 3.8) is 0 Å². The number of aromatic nitrogens is 2. The zero-order valence-corrected chi connectivity index (χ0v) is 15.4. The number of nitro groups is 1. The normalized spacial score (nSPS) is 14.2. The number of nitro benzene ring substituents is 1. The lowest BCUT2D eigenvalue weighted by Gasteiger charge is -2.08. The van der Waals surface area contributed by atoms with Gasteiger partial charge in [-0.25, -0.2) is 0 Å². The van der Waals surface area contributed by atoms with Gasteiger partial charge in [0.05, 0.1) is 21.6 Å². The summed E-state index contributed by atoms with van der Waals surface area (Å²) in [6, 6.07) is 5.28. The lowest BCUT2D eigenvalue weighted by atomic mass is 10.2. The number of anilines is 1. The number of non-ortho nitro benzene ring substituents is 1. The zero-order valence-electron chi connectivity index (χ0n) is 13.8. The van der Waals surface area contributed by atoms with Gasteiger partial charge in [-0.2, -0.15) is 18.3 Å². The van der Waals surface area contributed by atoms with E-state index in [-0.39, 0.29) is 29.0 Å². The highest BCUT2D eigenvalue weighted by Crippen LogP contribution is 2.47. The van der Waals surface area contributed by atoms with E-state index in [1.165, 1.54) is 28.9 Å². The molecule has 0 atom stereocenters. The van der Waals surface area contributed by atoms with E-state index < -0.39 is 22.7 Å². The predicted molar refractivity (Wildman–Crippen MR) is 93.2 cm³/mol. The van der Waals surface area contributed by atoms with Crippen molar-refractivity contribution >= 4 is 33.2 Å². The molecular formula is C16H14BrF3N4O3. The van der Waals surface area contributed by atoms with Crippen LogP contribution in [0.2, 0.25) is 0 Å². The van der Waals surface area contributed by atoms with Gasteiger partial charge < -0.3 is 5.32 Å². The average Bonchev–Trinajstić information content (AvgIpc) is 3.35. The highest BCUT2D eigenvalue weighted by Gasteiger charge is 2.41. The molecule has 1 amide bonds. The number of hydrogen-bond acceptors (Lipinski definition) is 4. The summed E-state index contributed by atoms with van der Waals surface area (Å²) in [5, 5.41) is 16.8. The quantitative estimate of drug-likeness (QED) is 0.523. The summed E-state index contributed by atoms with van der Waals surface area (Å²) in [6.07, 6.45) is -3.08. The SMILES string of the molecule is O=C(CCn1nc(C(F)(F)F)c(Br)c1C1CC1)Nc1ccc([N+](=O)[O-])cc1. The van der Waals surface area contributed by atoms with Crippen LogP contribution in [0.15, 0.2) is 28.7 Å². The van der Waals surface area contributed by atoms with E-state index in [1.807, 2.05) is 0 Å². The van der Waals surface area contributed by atoms with Gasteiger partial charge in [-0.3, -0.25) is 19.6 Å². The first-order valence-electron chi connectivity index (χ1n) is 8.04. The van der Waals surface area contributed by atoms with Crippen LogP contribution >= 0.6 is 15.9 Å². The summed E-state index contributed by atoms with van der Waals surface area (Å²) in [5.74, 6) is -0.411. The summed E-state index contributed by atoms with van der Waals surface area (Å²) < 4.78 is 40.4. The van der Waals surface area contributed by atoms with Crippen molar-refractivity contribution in [1.82, 2.24) is 9.78 Å². The van der Waals surface area contributed by atoms with E-state index in [2.05, 4.69) is 26.3 Å². The van der Waals surface area contributed by atoms with Crippen molar-refractivity contribution in [3.8, 4) is 0 Å². The molecule has 1 fully saturated rings. The molecule has 3 rings (SSSR count). The Labute approximate surface area is 159 Å². The zero-order chi connectivity index (χ0) is 19.8. The molecule has 2 aromatic rings. The van der Waals surface area contributed by atoms with Gasteiger partial charge in [0.15, 0.2) is 5.69 Å². The first-order valence-corrected chi connectivity index (χ1v) is 8.84. The first kappa shape index (κ1) is 19.3. The summed E-state index contributed by atoms with van der Waals surface area (Å²) in [4.78, 5) is 22.1. The third-order valence-corrected chi connectivity index (χ3v) is 4.86. The maximum absolute atomic E-state index is 13.1. The number of carbonyl (C=O) groups excluding carboxylic acids is 1. The van der Waals surface area contributed by atoms with Gasteiger partial charge in [0.2, 0.25) is 5.91 Å². The Morgan fingerprint density at radius 2 is 1.96 bits per heavy atom. The van der Waals surface area contributed by atoms with Gasteiger partial charge in [-0.15, -0.1) is 0 Å². The maximum Gasteiger partial charge on any atom is 0.436 e. The molecule has 0 spiro atoms. The van der Waals surface area contributed by atoms with Gasteiger partial charge >= 0.3 is 6.18 Å². The van der Waals surface area contributed by atoms with E-state index >= 15 is 0 Å². The minimum atomic E-state index is -4.57. The summed E-state index contributed by atoms with van der Waals surface area (Å²) in [7, 11) is 0. The lowest BCUT2D eigenvalue weighted by molar-refractivity contribution is -0.384. The molecule has 1 aliphatic rings. The Morgan fingerprint density at radius 3 is 2.48 bits per heavy atom. The Kier molecular flexibility index (Phi) is 5.22. The first-order chi connectivity index (χ1) is 12.7. The lowest BCUT2D eigenvalue weighted by Crippen LogP contribution is -2.16. The van der Waals surface area contributed by atoms with Gasteiger partial charge in [-0.1, -0.05) is 0 Å². The number of rotatable bonds is 6. The fourth-order valence-corrected chi connectivity index (χ4v) is 3.48. The van der Waals surface area contributed by atoms with Crippen molar-refractivity contribution in [1.29, 1.82) is 0 Å². The van der Waals surface area contributed by atoms with Gasteiger partial charge in [0.25, 0.3) is 5.69 Å². The summed E-state index contributed by atoms with van der Waals surface area (Å²) in [5.41, 5.74) is -0.264. The molecule has 1 aliphatic carbocycles. The van der Waals surface area contributed by atoms with Crippen molar-refractivity contribution in [3.05, 3.63) is 50.2 Å². The molecule has 0 saturated heterocycles. The molecule has 1 saturated carbocycles. The molecule has 1 heterocycles. The topological polar surface area (TPSA) is 90.1 Å². The van der Waals surface area contributed by atoms with Crippen LogP contribution in [0.25, 0.3) is 0 Å². The molecule has 7 nitrogen and oxygen atoms in total. The number of benzene rings is 1. The molecule has 27 heavy (non-hydrogen) atoms. The second-order valence-corrected chi connectivity index (χ2v) is 6.94. The Morgan fingerprint density at radius 1 is 1.33 bits per heavy atom. The van der Waals surface area contributed by atoms with Crippen LogP contribution in [-0.4, -0.2) is 20.6 Å². The molecule has 11 heteroatoms. The Balaban J connectivity index is 1.67. The van der Waals surface area contributed by atoms with Crippen LogP contribution in [-0.2, 0) is 17.5 Å². The molecular weight excluding hydrogens is 433 g/mol. The van der Waals surface area contributed by atoms with Gasteiger partial charge in [-0.05, 0) is 40.9 Å². The standard InChI is InChI=1S/C16H14BrF3N4O3/c17-13-14(9-1-2-9)23(22-15(13)16(18,19)20)8-7-12(25)21-10-3-5-11(6-4-10)24(26)27/h3-6,9H,1-2,7-8H2,(H,21,25). The smallest absolute Gasteiger partial charge is 0.326 e. The third-order valence-electron chi connectivity index (χ3n) is 4.08. The van der Waals surface area contributed by atoms with Crippen LogP contribution in [0.4, 0.5) is 24.5 Å². The molecule has 0 unspecified atom stereocenters. The molecule has 0 radical (unpaired) electrons. The van der Waals surface area contributed by atoms with E-state index in [0.717, 1.165) is 12.8 Å². The van der Waals surface area contributed by atoms with E-state index in [4.69, 9.17) is 0 Å². The summed E-state index contributed by atoms with van der Waals surface area (Å²) >= 11 is 3.00. The van der Waals surface area contributed by atoms with Crippen molar-refractivity contribution in [2.45, 2.75) is 37.9 Å². The summed E-state index contributed by atoms with van der Waals surface area (Å²) in [6.45, 7) is -0.000667. The fourth-order valence-electron chi connectivity index (χ4n) is 2.65. The van der Waals surface area contributed by atoms with Gasteiger partial charge in [0, 0.05) is 30.2 Å². The number of alkyl halides is 3. The molecule has 1 N–H and O–H groups in total. The van der Waals surface area contributed by atoms with Crippen LogP contribution in [0.3, 0.4) is 0 Å². The Bertz CT molecular complexity index is 876. The highest BCUT2D eigenvalue weighted by atomic mass is 79.9. The van der Waals surface area contributed by atoms with E-state index in [1.54, 1.807) is 0 Å². The second kappa shape index (κ2) is 7.29. The monoisotopic (exact) mass is 446 g/mol. The molecule has 144 valence electrons. The molecule has 1 aromatic heterocycles. The van der Waals surface area contributed by atoms with E-state index in [0.29, 0.717) is 11.4 Å². The average molecular weight is 447 g/mol. The van der Waals surface area contributed by atoms with E-state index in [9.17, 15) is 28.1 Å². The highest BCUT2D eigenvalue weighted by molar-refractivity contribution is 9.10. The third kappa shape index (κ3) is 4.46. The number of carbonyl (C=O) groups is 1. The van der Waals surface area contributed by atoms with Crippen LogP contribution in [0.5, 0.6) is 0 Å². The number of halogens is 4. The van der Waals surface area contributed by atoms with Crippen LogP contribution < -0.4 is 5.32 Å². The number of hydrogen-bond donors (Lipinski definition) is 1. The number of nitrogens with zero attached hydrogens (tertiary/aromatic N) is 3. The molecule has 0 aliphatic heterocycles.